The lowest BCUT2D eigenvalue weighted by Gasteiger charge is -2.18. The number of hydrogen-bond donors (Lipinski definition) is 2. The van der Waals surface area contributed by atoms with E-state index in [0.717, 1.165) is 24.1 Å². The van der Waals surface area contributed by atoms with E-state index in [-0.39, 0.29) is 30.3 Å². The summed E-state index contributed by atoms with van der Waals surface area (Å²) in [7, 11) is 0. The number of carbonyl (C=O) groups excluding carboxylic acids is 3. The summed E-state index contributed by atoms with van der Waals surface area (Å²) in [5, 5.41) is 5.62. The molecule has 0 bridgehead atoms. The van der Waals surface area contributed by atoms with Crippen molar-refractivity contribution in [1.29, 1.82) is 0 Å². The van der Waals surface area contributed by atoms with E-state index in [9.17, 15) is 14.4 Å². The number of nitrogens with zero attached hydrogens (tertiary/aromatic N) is 1. The van der Waals surface area contributed by atoms with Gasteiger partial charge in [-0.15, -0.1) is 0 Å². The standard InChI is InChI=1S/C23H27N3O3/c1-3-20(17-8-6-16(2)7-9-17)25-21(27)15-24-23(29)18-10-12-19(13-11-18)26-14-4-5-22(26)28/h6-13,20H,3-5,14-15H2,1-2H3,(H,24,29)(H,25,27)/t20-/m0/s1. The van der Waals surface area contributed by atoms with Gasteiger partial charge in [0.1, 0.15) is 0 Å². The van der Waals surface area contributed by atoms with E-state index >= 15 is 0 Å². The number of benzene rings is 2. The molecule has 0 aromatic heterocycles. The fraction of sp³-hybridized carbons (Fsp3) is 0.348. The van der Waals surface area contributed by atoms with E-state index in [0.29, 0.717) is 18.5 Å². The molecular weight excluding hydrogens is 366 g/mol. The Morgan fingerprint density at radius 2 is 1.76 bits per heavy atom. The number of carbonyl (C=O) groups is 3. The summed E-state index contributed by atoms with van der Waals surface area (Å²) in [5.41, 5.74) is 3.47. The zero-order valence-electron chi connectivity index (χ0n) is 16.9. The molecule has 0 saturated carbocycles. The highest BCUT2D eigenvalue weighted by Gasteiger charge is 2.21. The molecule has 6 nitrogen and oxygen atoms in total. The molecule has 2 aromatic carbocycles. The Morgan fingerprint density at radius 3 is 2.34 bits per heavy atom. The zero-order valence-corrected chi connectivity index (χ0v) is 16.9. The molecule has 0 unspecified atom stereocenters. The molecule has 0 aliphatic carbocycles. The van der Waals surface area contributed by atoms with Crippen molar-refractivity contribution >= 4 is 23.4 Å². The summed E-state index contributed by atoms with van der Waals surface area (Å²) < 4.78 is 0. The van der Waals surface area contributed by atoms with Gasteiger partial charge in [0.2, 0.25) is 11.8 Å². The minimum atomic E-state index is -0.317. The topological polar surface area (TPSA) is 78.5 Å². The Bertz CT molecular complexity index is 875. The lowest BCUT2D eigenvalue weighted by molar-refractivity contribution is -0.121. The normalized spacial score (nSPS) is 14.6. The monoisotopic (exact) mass is 393 g/mol. The fourth-order valence-corrected chi connectivity index (χ4v) is 3.44. The minimum absolute atomic E-state index is 0.0858. The first kappa shape index (κ1) is 20.6. The molecule has 1 aliphatic heterocycles. The Hall–Kier alpha value is -3.15. The summed E-state index contributed by atoms with van der Waals surface area (Å²) in [6, 6.07) is 14.9. The predicted octanol–water partition coefficient (Wildman–Crippen LogP) is 3.12. The number of anilines is 1. The van der Waals surface area contributed by atoms with Crippen molar-refractivity contribution < 1.29 is 14.4 Å². The molecular formula is C23H27N3O3. The Balaban J connectivity index is 1.52. The van der Waals surface area contributed by atoms with Gasteiger partial charge >= 0.3 is 0 Å². The van der Waals surface area contributed by atoms with E-state index in [1.807, 2.05) is 38.1 Å². The largest absolute Gasteiger partial charge is 0.348 e. The van der Waals surface area contributed by atoms with Gasteiger partial charge in [0.15, 0.2) is 0 Å². The van der Waals surface area contributed by atoms with Gasteiger partial charge in [-0.05, 0) is 49.6 Å². The Morgan fingerprint density at radius 1 is 1.07 bits per heavy atom. The van der Waals surface area contributed by atoms with Crippen LogP contribution in [0.4, 0.5) is 5.69 Å². The van der Waals surface area contributed by atoms with Crippen LogP contribution in [0.25, 0.3) is 0 Å². The third-order valence-corrected chi connectivity index (χ3v) is 5.15. The van der Waals surface area contributed by atoms with E-state index in [1.165, 1.54) is 5.56 Å². The van der Waals surface area contributed by atoms with Gasteiger partial charge in [-0.25, -0.2) is 0 Å². The maximum atomic E-state index is 12.3. The molecule has 3 rings (SSSR count). The highest BCUT2D eigenvalue weighted by Crippen LogP contribution is 2.21. The van der Waals surface area contributed by atoms with Crippen LogP contribution >= 0.6 is 0 Å². The number of hydrogen-bond acceptors (Lipinski definition) is 3. The number of nitrogens with one attached hydrogen (secondary N) is 2. The number of rotatable bonds is 7. The quantitative estimate of drug-likeness (QED) is 0.759. The van der Waals surface area contributed by atoms with Crippen molar-refractivity contribution in [3.05, 3.63) is 65.2 Å². The van der Waals surface area contributed by atoms with Crippen LogP contribution in [0.1, 0.15) is 53.7 Å². The predicted molar refractivity (Wildman–Crippen MR) is 113 cm³/mol. The van der Waals surface area contributed by atoms with Crippen molar-refractivity contribution in [1.82, 2.24) is 10.6 Å². The number of amides is 3. The molecule has 0 spiro atoms. The first-order valence-electron chi connectivity index (χ1n) is 10.0. The zero-order chi connectivity index (χ0) is 20.8. The summed E-state index contributed by atoms with van der Waals surface area (Å²) >= 11 is 0. The Labute approximate surface area is 171 Å². The third kappa shape index (κ3) is 5.22. The highest BCUT2D eigenvalue weighted by molar-refractivity contribution is 5.98. The van der Waals surface area contributed by atoms with Gasteiger partial charge in [-0.1, -0.05) is 36.8 Å². The first-order chi connectivity index (χ1) is 14.0. The molecule has 0 radical (unpaired) electrons. The summed E-state index contributed by atoms with van der Waals surface area (Å²) in [5.74, 6) is -0.439. The highest BCUT2D eigenvalue weighted by atomic mass is 16.2. The molecule has 1 aliphatic rings. The van der Waals surface area contributed by atoms with E-state index < -0.39 is 0 Å². The van der Waals surface area contributed by atoms with Crippen LogP contribution in [0.5, 0.6) is 0 Å². The molecule has 2 aromatic rings. The molecule has 3 amide bonds. The van der Waals surface area contributed by atoms with Gasteiger partial charge in [0, 0.05) is 24.2 Å². The summed E-state index contributed by atoms with van der Waals surface area (Å²) in [6.07, 6.45) is 2.19. The third-order valence-electron chi connectivity index (χ3n) is 5.15. The molecule has 152 valence electrons. The summed E-state index contributed by atoms with van der Waals surface area (Å²) in [6.45, 7) is 4.65. The number of aryl methyl sites for hydroxylation is 1. The molecule has 2 N–H and O–H groups in total. The van der Waals surface area contributed by atoms with Gasteiger partial charge in [0.25, 0.3) is 5.91 Å². The molecule has 1 saturated heterocycles. The lowest BCUT2D eigenvalue weighted by Crippen LogP contribution is -2.38. The van der Waals surface area contributed by atoms with E-state index in [1.54, 1.807) is 29.2 Å². The van der Waals surface area contributed by atoms with Gasteiger partial charge < -0.3 is 15.5 Å². The second kappa shape index (κ2) is 9.37. The van der Waals surface area contributed by atoms with Crippen molar-refractivity contribution in [3.63, 3.8) is 0 Å². The SMILES string of the molecule is CC[C@H](NC(=O)CNC(=O)c1ccc(N2CCCC2=O)cc1)c1ccc(C)cc1. The van der Waals surface area contributed by atoms with Crippen molar-refractivity contribution in [2.75, 3.05) is 18.0 Å². The maximum Gasteiger partial charge on any atom is 0.251 e. The van der Waals surface area contributed by atoms with Crippen molar-refractivity contribution in [2.45, 2.75) is 39.2 Å². The van der Waals surface area contributed by atoms with Gasteiger partial charge in [-0.2, -0.15) is 0 Å². The average molecular weight is 393 g/mol. The molecule has 1 atom stereocenters. The van der Waals surface area contributed by atoms with Crippen LogP contribution in [0.2, 0.25) is 0 Å². The van der Waals surface area contributed by atoms with Crippen LogP contribution in [0.3, 0.4) is 0 Å². The van der Waals surface area contributed by atoms with E-state index in [2.05, 4.69) is 10.6 Å². The lowest BCUT2D eigenvalue weighted by atomic mass is 10.0. The smallest absolute Gasteiger partial charge is 0.251 e. The second-order valence-corrected chi connectivity index (χ2v) is 7.32. The summed E-state index contributed by atoms with van der Waals surface area (Å²) in [4.78, 5) is 38.2. The molecule has 1 heterocycles. The van der Waals surface area contributed by atoms with Crippen molar-refractivity contribution in [3.8, 4) is 0 Å². The first-order valence-corrected chi connectivity index (χ1v) is 10.0. The van der Waals surface area contributed by atoms with Crippen LogP contribution < -0.4 is 15.5 Å². The fourth-order valence-electron chi connectivity index (χ4n) is 3.44. The van der Waals surface area contributed by atoms with Gasteiger partial charge in [-0.3, -0.25) is 14.4 Å². The van der Waals surface area contributed by atoms with Crippen LogP contribution in [0.15, 0.2) is 48.5 Å². The van der Waals surface area contributed by atoms with Crippen molar-refractivity contribution in [2.24, 2.45) is 0 Å². The molecule has 6 heteroatoms. The molecule has 29 heavy (non-hydrogen) atoms. The van der Waals surface area contributed by atoms with Crippen LogP contribution in [-0.2, 0) is 9.59 Å². The van der Waals surface area contributed by atoms with Gasteiger partial charge in [0.05, 0.1) is 12.6 Å². The Kier molecular flexibility index (Phi) is 6.65. The molecule has 1 fully saturated rings. The maximum absolute atomic E-state index is 12.3. The van der Waals surface area contributed by atoms with E-state index in [4.69, 9.17) is 0 Å². The average Bonchev–Trinajstić information content (AvgIpc) is 3.17. The minimum Gasteiger partial charge on any atom is -0.348 e. The van der Waals surface area contributed by atoms with Crippen LogP contribution in [-0.4, -0.2) is 30.8 Å². The van der Waals surface area contributed by atoms with Crippen LogP contribution in [0, 0.1) is 6.92 Å². The second-order valence-electron chi connectivity index (χ2n) is 7.32.